The van der Waals surface area contributed by atoms with Gasteiger partial charge in [-0.05, 0) is 36.0 Å². The highest BCUT2D eigenvalue weighted by atomic mass is 32.1. The molecule has 1 aromatic carbocycles. The number of thiocarbonyl (C=S) groups is 1. The van der Waals surface area contributed by atoms with E-state index in [-0.39, 0.29) is 18.1 Å². The second-order valence-electron chi connectivity index (χ2n) is 6.93. The van der Waals surface area contributed by atoms with Crippen molar-refractivity contribution in [2.24, 2.45) is 16.3 Å². The Morgan fingerprint density at radius 2 is 2.14 bits per heavy atom. The van der Waals surface area contributed by atoms with Gasteiger partial charge in [0, 0.05) is 17.5 Å². The summed E-state index contributed by atoms with van der Waals surface area (Å²) in [5.41, 5.74) is 1.06. The zero-order valence-electron chi connectivity index (χ0n) is 13.4. The molecule has 0 heterocycles. The van der Waals surface area contributed by atoms with Crippen molar-refractivity contribution in [3.8, 4) is 0 Å². The molecule has 1 aromatic rings. The molecule has 5 heteroatoms. The Kier molecular flexibility index (Phi) is 4.78. The predicted octanol–water partition coefficient (Wildman–Crippen LogP) is 4.35. The molecule has 1 aliphatic carbocycles. The number of isothiocyanates is 1. The van der Waals surface area contributed by atoms with Crippen molar-refractivity contribution in [2.75, 3.05) is 0 Å². The van der Waals surface area contributed by atoms with E-state index in [1.54, 1.807) is 6.07 Å². The van der Waals surface area contributed by atoms with Crippen molar-refractivity contribution < 1.29 is 9.18 Å². The Morgan fingerprint density at radius 3 is 2.64 bits per heavy atom. The SMILES string of the molecule is CC1CC1c1ccc(CNC(=O)C(C)(C)C)c(F)c1N=C=S. The normalized spacial score (nSPS) is 20.2. The predicted molar refractivity (Wildman–Crippen MR) is 88.9 cm³/mol. The first-order valence-electron chi connectivity index (χ1n) is 7.43. The number of carbonyl (C=O) groups excluding carboxylic acids is 1. The molecule has 1 N–H and O–H groups in total. The van der Waals surface area contributed by atoms with E-state index in [9.17, 15) is 9.18 Å². The number of nitrogens with one attached hydrogen (secondary N) is 1. The second-order valence-corrected chi connectivity index (χ2v) is 7.11. The van der Waals surface area contributed by atoms with Crippen molar-refractivity contribution in [3.05, 3.63) is 29.1 Å². The number of nitrogens with zero attached hydrogens (tertiary/aromatic N) is 1. The van der Waals surface area contributed by atoms with Crippen LogP contribution in [0.4, 0.5) is 10.1 Å². The number of benzene rings is 1. The molecule has 118 valence electrons. The fourth-order valence-electron chi connectivity index (χ4n) is 2.41. The third-order valence-corrected chi connectivity index (χ3v) is 4.11. The van der Waals surface area contributed by atoms with E-state index < -0.39 is 11.2 Å². The van der Waals surface area contributed by atoms with Crippen LogP contribution in [0.2, 0.25) is 0 Å². The molecule has 2 unspecified atom stereocenters. The van der Waals surface area contributed by atoms with Crippen LogP contribution in [0.25, 0.3) is 0 Å². The minimum atomic E-state index is -0.505. The number of halogens is 1. The van der Waals surface area contributed by atoms with Crippen molar-refractivity contribution in [1.29, 1.82) is 0 Å². The van der Waals surface area contributed by atoms with Crippen molar-refractivity contribution in [3.63, 3.8) is 0 Å². The molecule has 0 aromatic heterocycles. The number of amides is 1. The molecule has 0 saturated heterocycles. The highest BCUT2D eigenvalue weighted by Crippen LogP contribution is 2.50. The van der Waals surface area contributed by atoms with Crippen LogP contribution in [0, 0.1) is 17.2 Å². The molecule has 1 fully saturated rings. The molecule has 3 nitrogen and oxygen atoms in total. The molecular formula is C17H21FN2OS. The first-order chi connectivity index (χ1) is 10.3. The topological polar surface area (TPSA) is 41.5 Å². The highest BCUT2D eigenvalue weighted by Gasteiger charge is 2.36. The molecule has 2 atom stereocenters. The molecule has 1 saturated carbocycles. The number of carbonyl (C=O) groups is 1. The molecule has 1 aliphatic rings. The Bertz CT molecular complexity index is 645. The zero-order chi connectivity index (χ0) is 16.5. The lowest BCUT2D eigenvalue weighted by Gasteiger charge is -2.18. The van der Waals surface area contributed by atoms with E-state index in [4.69, 9.17) is 0 Å². The average molecular weight is 320 g/mol. The summed E-state index contributed by atoms with van der Waals surface area (Å²) in [6.07, 6.45) is 1.04. The summed E-state index contributed by atoms with van der Waals surface area (Å²) >= 11 is 4.63. The number of hydrogen-bond acceptors (Lipinski definition) is 3. The van der Waals surface area contributed by atoms with Crippen LogP contribution in [0.3, 0.4) is 0 Å². The minimum Gasteiger partial charge on any atom is -0.351 e. The minimum absolute atomic E-state index is 0.119. The van der Waals surface area contributed by atoms with Crippen LogP contribution in [0.1, 0.15) is 51.2 Å². The summed E-state index contributed by atoms with van der Waals surface area (Å²) in [4.78, 5) is 15.8. The summed E-state index contributed by atoms with van der Waals surface area (Å²) in [7, 11) is 0. The molecule has 0 aliphatic heterocycles. The average Bonchev–Trinajstić information content (AvgIpc) is 3.15. The van der Waals surface area contributed by atoms with E-state index in [1.165, 1.54) is 0 Å². The molecule has 0 bridgehead atoms. The highest BCUT2D eigenvalue weighted by molar-refractivity contribution is 7.78. The molecule has 1 amide bonds. The maximum Gasteiger partial charge on any atom is 0.225 e. The van der Waals surface area contributed by atoms with E-state index in [2.05, 4.69) is 34.6 Å². The quantitative estimate of drug-likeness (QED) is 0.662. The van der Waals surface area contributed by atoms with Gasteiger partial charge in [0.2, 0.25) is 5.91 Å². The van der Waals surface area contributed by atoms with Gasteiger partial charge in [-0.3, -0.25) is 4.79 Å². The van der Waals surface area contributed by atoms with Crippen LogP contribution >= 0.6 is 12.2 Å². The summed E-state index contributed by atoms with van der Waals surface area (Å²) in [6, 6.07) is 3.61. The van der Waals surface area contributed by atoms with Gasteiger partial charge in [0.1, 0.15) is 5.69 Å². The first kappa shape index (κ1) is 16.8. The Hall–Kier alpha value is -1.58. The summed E-state index contributed by atoms with van der Waals surface area (Å²) in [5.74, 6) is 0.356. The maximum absolute atomic E-state index is 14.7. The number of aliphatic imine (C=N–C) groups is 1. The van der Waals surface area contributed by atoms with Gasteiger partial charge in [0.15, 0.2) is 5.82 Å². The van der Waals surface area contributed by atoms with Gasteiger partial charge in [-0.15, -0.1) is 0 Å². The van der Waals surface area contributed by atoms with E-state index in [0.717, 1.165) is 12.0 Å². The smallest absolute Gasteiger partial charge is 0.225 e. The van der Waals surface area contributed by atoms with Crippen LogP contribution in [-0.2, 0) is 11.3 Å². The molecule has 0 spiro atoms. The molecular weight excluding hydrogens is 299 g/mol. The molecule has 2 rings (SSSR count). The van der Waals surface area contributed by atoms with Crippen LogP contribution in [0.5, 0.6) is 0 Å². The number of hydrogen-bond donors (Lipinski definition) is 1. The maximum atomic E-state index is 14.7. The van der Waals surface area contributed by atoms with Gasteiger partial charge in [-0.1, -0.05) is 39.8 Å². The van der Waals surface area contributed by atoms with Crippen LogP contribution in [-0.4, -0.2) is 11.1 Å². The van der Waals surface area contributed by atoms with E-state index in [1.807, 2.05) is 26.8 Å². The fourth-order valence-corrected chi connectivity index (χ4v) is 2.50. The van der Waals surface area contributed by atoms with E-state index >= 15 is 0 Å². The van der Waals surface area contributed by atoms with Gasteiger partial charge in [-0.2, -0.15) is 4.99 Å². The Morgan fingerprint density at radius 1 is 1.50 bits per heavy atom. The monoisotopic (exact) mass is 320 g/mol. The summed E-state index contributed by atoms with van der Waals surface area (Å²) < 4.78 is 14.7. The Labute approximate surface area is 136 Å². The summed E-state index contributed by atoms with van der Waals surface area (Å²) in [5, 5.41) is 5.02. The largest absolute Gasteiger partial charge is 0.351 e. The van der Waals surface area contributed by atoms with Gasteiger partial charge >= 0.3 is 0 Å². The molecule has 0 radical (unpaired) electrons. The standard InChI is InChI=1S/C17H21FN2OS/c1-10-7-13(10)12-6-5-11(14(18)15(12)20-9-22)8-19-16(21)17(2,3)4/h5-6,10,13H,7-8H2,1-4H3,(H,19,21). The summed E-state index contributed by atoms with van der Waals surface area (Å²) in [6.45, 7) is 7.72. The lowest BCUT2D eigenvalue weighted by atomic mass is 9.95. The molecule has 22 heavy (non-hydrogen) atoms. The lowest BCUT2D eigenvalue weighted by molar-refractivity contribution is -0.128. The van der Waals surface area contributed by atoms with E-state index in [0.29, 0.717) is 17.4 Å². The van der Waals surface area contributed by atoms with Gasteiger partial charge < -0.3 is 5.32 Å². The third kappa shape index (κ3) is 3.60. The van der Waals surface area contributed by atoms with Crippen molar-refractivity contribution in [2.45, 2.75) is 46.6 Å². The first-order valence-corrected chi connectivity index (χ1v) is 7.84. The lowest BCUT2D eigenvalue weighted by Crippen LogP contribution is -2.34. The van der Waals surface area contributed by atoms with Crippen LogP contribution < -0.4 is 5.32 Å². The van der Waals surface area contributed by atoms with Crippen molar-refractivity contribution >= 4 is 29.0 Å². The third-order valence-electron chi connectivity index (χ3n) is 4.01. The van der Waals surface area contributed by atoms with Gasteiger partial charge in [0.05, 0.1) is 5.16 Å². The second kappa shape index (κ2) is 6.27. The van der Waals surface area contributed by atoms with Gasteiger partial charge in [0.25, 0.3) is 0 Å². The fraction of sp³-hybridized carbons (Fsp3) is 0.529. The van der Waals surface area contributed by atoms with Crippen molar-refractivity contribution in [1.82, 2.24) is 5.32 Å². The Balaban J connectivity index is 2.25. The number of rotatable bonds is 4. The van der Waals surface area contributed by atoms with Gasteiger partial charge in [-0.25, -0.2) is 4.39 Å². The zero-order valence-corrected chi connectivity index (χ0v) is 14.2. The van der Waals surface area contributed by atoms with Crippen LogP contribution in [0.15, 0.2) is 17.1 Å².